The number of hydrogen-bond donors (Lipinski definition) is 1. The fourth-order valence-electron chi connectivity index (χ4n) is 2.31. The summed E-state index contributed by atoms with van der Waals surface area (Å²) >= 11 is 2.79. The van der Waals surface area contributed by atoms with E-state index in [9.17, 15) is 4.79 Å². The number of nitrogens with one attached hydrogen (secondary N) is 1. The fraction of sp³-hybridized carbons (Fsp3) is 0.625. The van der Waals surface area contributed by atoms with Gasteiger partial charge in [-0.25, -0.2) is 4.98 Å². The summed E-state index contributed by atoms with van der Waals surface area (Å²) in [7, 11) is 0. The van der Waals surface area contributed by atoms with Crippen LogP contribution in [0.25, 0.3) is 10.8 Å². The van der Waals surface area contributed by atoms with E-state index in [1.54, 1.807) is 0 Å². The first-order valence-electron chi connectivity index (χ1n) is 8.19. The largest absolute Gasteiger partial charge is 0.410 e. The maximum absolute atomic E-state index is 12.0. The normalized spacial score (nSPS) is 12.3. The number of unbranched alkanes of at least 4 members (excludes halogenated alkanes) is 2. The van der Waals surface area contributed by atoms with Gasteiger partial charge in [0.15, 0.2) is 0 Å². The van der Waals surface area contributed by atoms with Gasteiger partial charge in [-0.3, -0.25) is 4.79 Å². The molecule has 2 aromatic heterocycles. The van der Waals surface area contributed by atoms with Gasteiger partial charge in [-0.15, -0.1) is 21.5 Å². The Bertz CT molecular complexity index is 669. The molecular weight excluding hydrogens is 344 g/mol. The van der Waals surface area contributed by atoms with E-state index in [0.717, 1.165) is 28.4 Å². The number of hydrogen-bond acceptors (Lipinski definition) is 7. The van der Waals surface area contributed by atoms with Crippen molar-refractivity contribution in [3.8, 4) is 10.8 Å². The molecule has 0 radical (unpaired) electrons. The summed E-state index contributed by atoms with van der Waals surface area (Å²) in [4.78, 5) is 17.2. The molecule has 1 amide bonds. The molecule has 1 unspecified atom stereocenters. The Morgan fingerprint density at radius 2 is 2.12 bits per heavy atom. The molecule has 2 rings (SSSR count). The monoisotopic (exact) mass is 368 g/mol. The smallest absolute Gasteiger partial charge is 0.277 e. The maximum atomic E-state index is 12.0. The minimum atomic E-state index is -0.00596. The Kier molecular flexibility index (Phi) is 7.23. The average Bonchev–Trinajstić information content (AvgIpc) is 3.11. The lowest BCUT2D eigenvalue weighted by Gasteiger charge is -2.12. The molecule has 0 fully saturated rings. The van der Waals surface area contributed by atoms with Crippen LogP contribution in [-0.2, 0) is 4.79 Å². The van der Waals surface area contributed by atoms with Gasteiger partial charge < -0.3 is 9.73 Å². The van der Waals surface area contributed by atoms with Crippen molar-refractivity contribution in [2.75, 3.05) is 5.75 Å². The Morgan fingerprint density at radius 1 is 1.33 bits per heavy atom. The molecule has 6 nitrogen and oxygen atoms in total. The quantitative estimate of drug-likeness (QED) is 0.532. The number of aryl methyl sites for hydroxylation is 2. The van der Waals surface area contributed by atoms with Crippen LogP contribution in [0.15, 0.2) is 9.64 Å². The van der Waals surface area contributed by atoms with Crippen molar-refractivity contribution in [2.45, 2.75) is 64.6 Å². The van der Waals surface area contributed by atoms with Crippen LogP contribution in [0.5, 0.6) is 0 Å². The summed E-state index contributed by atoms with van der Waals surface area (Å²) < 4.78 is 5.63. The van der Waals surface area contributed by atoms with E-state index in [-0.39, 0.29) is 17.7 Å². The zero-order valence-corrected chi connectivity index (χ0v) is 16.2. The molecule has 2 heterocycles. The zero-order chi connectivity index (χ0) is 17.5. The standard InChI is InChI=1S/C16H24N4O2S2/c1-5-6-7-8-10(2)17-13(21)9-23-16-20-19-15(22-16)14-11(3)18-12(4)24-14/h10H,5-9H2,1-4H3,(H,17,21). The number of rotatable bonds is 9. The van der Waals surface area contributed by atoms with E-state index in [0.29, 0.717) is 11.1 Å². The summed E-state index contributed by atoms with van der Waals surface area (Å²) in [5.74, 6) is 0.739. The minimum Gasteiger partial charge on any atom is -0.410 e. The van der Waals surface area contributed by atoms with E-state index in [4.69, 9.17) is 4.42 Å². The Hall–Kier alpha value is -1.41. The van der Waals surface area contributed by atoms with Gasteiger partial charge in [-0.1, -0.05) is 37.9 Å². The van der Waals surface area contributed by atoms with Crippen LogP contribution in [0, 0.1) is 13.8 Å². The SMILES string of the molecule is CCCCCC(C)NC(=O)CSc1nnc(-c2sc(C)nc2C)o1. The molecule has 0 aromatic carbocycles. The van der Waals surface area contributed by atoms with Crippen LogP contribution >= 0.6 is 23.1 Å². The molecule has 0 aliphatic carbocycles. The van der Waals surface area contributed by atoms with Gasteiger partial charge in [-0.2, -0.15) is 0 Å². The molecule has 0 saturated heterocycles. The van der Waals surface area contributed by atoms with Gasteiger partial charge in [0, 0.05) is 6.04 Å². The van der Waals surface area contributed by atoms with Crippen molar-refractivity contribution in [1.82, 2.24) is 20.5 Å². The predicted octanol–water partition coefficient (Wildman–Crippen LogP) is 3.99. The average molecular weight is 369 g/mol. The zero-order valence-electron chi connectivity index (χ0n) is 14.6. The van der Waals surface area contributed by atoms with Gasteiger partial charge >= 0.3 is 0 Å². The van der Waals surface area contributed by atoms with Crippen LogP contribution in [0.1, 0.15) is 50.2 Å². The molecule has 2 aromatic rings. The lowest BCUT2D eigenvalue weighted by Crippen LogP contribution is -2.33. The van der Waals surface area contributed by atoms with E-state index in [2.05, 4.69) is 27.4 Å². The molecule has 1 atom stereocenters. The second kappa shape index (κ2) is 9.17. The summed E-state index contributed by atoms with van der Waals surface area (Å²) in [6.07, 6.45) is 4.55. The third-order valence-corrected chi connectivity index (χ3v) is 5.36. The van der Waals surface area contributed by atoms with Crippen LogP contribution in [0.3, 0.4) is 0 Å². The molecule has 1 N–H and O–H groups in total. The van der Waals surface area contributed by atoms with Gasteiger partial charge in [0.25, 0.3) is 11.1 Å². The number of thioether (sulfide) groups is 1. The molecule has 132 valence electrons. The van der Waals surface area contributed by atoms with Crippen molar-refractivity contribution >= 4 is 29.0 Å². The highest BCUT2D eigenvalue weighted by atomic mass is 32.2. The number of thiazole rings is 1. The van der Waals surface area contributed by atoms with Crippen molar-refractivity contribution in [1.29, 1.82) is 0 Å². The van der Waals surface area contributed by atoms with Gasteiger partial charge in [0.2, 0.25) is 5.91 Å². The summed E-state index contributed by atoms with van der Waals surface area (Å²) in [5, 5.41) is 12.4. The van der Waals surface area contributed by atoms with E-state index in [1.807, 2.05) is 20.8 Å². The van der Waals surface area contributed by atoms with Crippen LogP contribution in [0.4, 0.5) is 0 Å². The van der Waals surface area contributed by atoms with E-state index in [1.165, 1.54) is 35.9 Å². The van der Waals surface area contributed by atoms with Crippen LogP contribution in [0.2, 0.25) is 0 Å². The van der Waals surface area contributed by atoms with E-state index < -0.39 is 0 Å². The van der Waals surface area contributed by atoms with Gasteiger partial charge in [0.1, 0.15) is 4.88 Å². The second-order valence-corrected chi connectivity index (χ2v) is 7.90. The summed E-state index contributed by atoms with van der Waals surface area (Å²) in [6, 6.07) is 0.200. The van der Waals surface area contributed by atoms with Gasteiger partial charge in [-0.05, 0) is 27.2 Å². The summed E-state index contributed by atoms with van der Waals surface area (Å²) in [5.41, 5.74) is 0.886. The van der Waals surface area contributed by atoms with Crippen molar-refractivity contribution < 1.29 is 9.21 Å². The minimum absolute atomic E-state index is 0.00596. The lowest BCUT2D eigenvalue weighted by molar-refractivity contribution is -0.119. The highest BCUT2D eigenvalue weighted by Crippen LogP contribution is 2.30. The van der Waals surface area contributed by atoms with Crippen LogP contribution in [-0.4, -0.2) is 32.9 Å². The van der Waals surface area contributed by atoms with Gasteiger partial charge in [0.05, 0.1) is 16.5 Å². The maximum Gasteiger partial charge on any atom is 0.277 e. The van der Waals surface area contributed by atoms with Crippen molar-refractivity contribution in [3.63, 3.8) is 0 Å². The molecule has 0 aliphatic heterocycles. The number of carbonyl (C=O) groups excluding carboxylic acids is 1. The van der Waals surface area contributed by atoms with E-state index >= 15 is 0 Å². The fourth-order valence-corrected chi connectivity index (χ4v) is 3.72. The number of aromatic nitrogens is 3. The highest BCUT2D eigenvalue weighted by Gasteiger charge is 2.16. The Labute approximate surface area is 150 Å². The first kappa shape index (κ1) is 18.9. The first-order valence-corrected chi connectivity index (χ1v) is 9.99. The summed E-state index contributed by atoms with van der Waals surface area (Å²) in [6.45, 7) is 8.08. The highest BCUT2D eigenvalue weighted by molar-refractivity contribution is 7.99. The molecule has 0 aliphatic rings. The molecule has 8 heteroatoms. The topological polar surface area (TPSA) is 80.9 Å². The molecule has 24 heavy (non-hydrogen) atoms. The Balaban J connectivity index is 1.80. The van der Waals surface area contributed by atoms with Crippen molar-refractivity contribution in [3.05, 3.63) is 10.7 Å². The van der Waals surface area contributed by atoms with Crippen LogP contribution < -0.4 is 5.32 Å². The third-order valence-electron chi connectivity index (χ3n) is 3.48. The molecule has 0 spiro atoms. The number of nitrogens with zero attached hydrogens (tertiary/aromatic N) is 3. The third kappa shape index (κ3) is 5.59. The second-order valence-electron chi connectivity index (χ2n) is 5.77. The number of amides is 1. The van der Waals surface area contributed by atoms with Crippen molar-refractivity contribution in [2.24, 2.45) is 0 Å². The first-order chi connectivity index (χ1) is 11.5. The molecule has 0 saturated carbocycles. The predicted molar refractivity (Wildman–Crippen MR) is 97.4 cm³/mol. The molecular formula is C16H24N4O2S2. The molecule has 0 bridgehead atoms. The lowest BCUT2D eigenvalue weighted by atomic mass is 10.1. The Morgan fingerprint density at radius 3 is 2.79 bits per heavy atom. The number of carbonyl (C=O) groups is 1.